The average molecular weight is 515 g/mol. The van der Waals surface area contributed by atoms with Gasteiger partial charge < -0.3 is 15.0 Å². The Labute approximate surface area is 188 Å². The number of nitrogens with one attached hydrogen (secondary N) is 2. The van der Waals surface area contributed by atoms with Crippen molar-refractivity contribution in [3.63, 3.8) is 0 Å². The monoisotopic (exact) mass is 515 g/mol. The molecule has 1 fully saturated rings. The highest BCUT2D eigenvalue weighted by Gasteiger charge is 2.16. The van der Waals surface area contributed by atoms with Gasteiger partial charge in [-0.05, 0) is 59.3 Å². The van der Waals surface area contributed by atoms with Gasteiger partial charge in [0.1, 0.15) is 0 Å². The number of hydrogen-bond donors (Lipinski definition) is 2. The fourth-order valence-electron chi connectivity index (χ4n) is 2.89. The molecule has 0 aliphatic carbocycles. The smallest absolute Gasteiger partial charge is 0.250 e. The summed E-state index contributed by atoms with van der Waals surface area (Å²) in [6.45, 7) is 4.83. The third-order valence-corrected chi connectivity index (χ3v) is 5.12. The predicted octanol–water partition coefficient (Wildman–Crippen LogP) is 3.81. The molecule has 4 rings (SSSR count). The Balaban J connectivity index is 1.56. The lowest BCUT2D eigenvalue weighted by molar-refractivity contribution is 0.122. The van der Waals surface area contributed by atoms with E-state index < -0.39 is 0 Å². The van der Waals surface area contributed by atoms with E-state index >= 15 is 0 Å². The fourth-order valence-corrected chi connectivity index (χ4v) is 3.46. The lowest BCUT2D eigenvalue weighted by Crippen LogP contribution is -2.37. The summed E-state index contributed by atoms with van der Waals surface area (Å²) < 4.78 is 6.59. The van der Waals surface area contributed by atoms with Gasteiger partial charge in [-0.25, -0.2) is 5.43 Å². The number of aromatic nitrogens is 3. The zero-order valence-electron chi connectivity index (χ0n) is 16.5. The first-order chi connectivity index (χ1) is 14.7. The normalized spacial score (nSPS) is 14.1. The summed E-state index contributed by atoms with van der Waals surface area (Å²) in [5.74, 6) is 1.43. The number of halogens is 1. The zero-order valence-corrected chi connectivity index (χ0v) is 18.7. The maximum Gasteiger partial charge on any atom is 0.250 e. The molecule has 8 nitrogen and oxygen atoms in total. The average Bonchev–Trinajstić information content (AvgIpc) is 2.76. The van der Waals surface area contributed by atoms with Crippen LogP contribution in [0.15, 0.2) is 53.6 Å². The molecular formula is C21H22IN7O. The van der Waals surface area contributed by atoms with Gasteiger partial charge in [0.05, 0.1) is 19.4 Å². The van der Waals surface area contributed by atoms with Crippen molar-refractivity contribution in [3.8, 4) is 0 Å². The Bertz CT molecular complexity index is 1020. The molecule has 0 atom stereocenters. The number of ether oxygens (including phenoxy) is 1. The minimum atomic E-state index is 0.378. The molecule has 2 heterocycles. The van der Waals surface area contributed by atoms with Crippen LogP contribution in [0, 0.1) is 10.5 Å². The van der Waals surface area contributed by atoms with Gasteiger partial charge in [0.2, 0.25) is 17.8 Å². The van der Waals surface area contributed by atoms with Crippen LogP contribution in [0.2, 0.25) is 0 Å². The summed E-state index contributed by atoms with van der Waals surface area (Å²) >= 11 is 2.28. The highest BCUT2D eigenvalue weighted by molar-refractivity contribution is 14.1. The van der Waals surface area contributed by atoms with E-state index in [9.17, 15) is 0 Å². The van der Waals surface area contributed by atoms with Gasteiger partial charge in [0.25, 0.3) is 0 Å². The van der Waals surface area contributed by atoms with E-state index in [4.69, 9.17) is 4.74 Å². The second kappa shape index (κ2) is 9.81. The second-order valence-corrected chi connectivity index (χ2v) is 8.04. The van der Waals surface area contributed by atoms with Gasteiger partial charge in [0.15, 0.2) is 0 Å². The van der Waals surface area contributed by atoms with E-state index in [1.165, 1.54) is 5.56 Å². The molecule has 0 amide bonds. The van der Waals surface area contributed by atoms with Crippen molar-refractivity contribution in [2.75, 3.05) is 41.9 Å². The largest absolute Gasteiger partial charge is 0.378 e. The van der Waals surface area contributed by atoms with Crippen LogP contribution >= 0.6 is 22.6 Å². The van der Waals surface area contributed by atoms with E-state index in [0.29, 0.717) is 31.1 Å². The Morgan fingerprint density at radius 2 is 1.80 bits per heavy atom. The SMILES string of the molecule is Cc1ccc(Nc2nc(N/N=C/c3cccc(I)c3)nc(N3CCOCC3)n2)cc1. The van der Waals surface area contributed by atoms with E-state index in [2.05, 4.69) is 65.2 Å². The molecule has 30 heavy (non-hydrogen) atoms. The van der Waals surface area contributed by atoms with Crippen molar-refractivity contribution in [3.05, 3.63) is 63.2 Å². The van der Waals surface area contributed by atoms with E-state index in [0.717, 1.165) is 27.9 Å². The van der Waals surface area contributed by atoms with Crippen molar-refractivity contribution in [2.24, 2.45) is 5.10 Å². The Morgan fingerprint density at radius 1 is 1.03 bits per heavy atom. The van der Waals surface area contributed by atoms with E-state index in [1.807, 2.05) is 48.5 Å². The number of hydrogen-bond acceptors (Lipinski definition) is 8. The minimum absolute atomic E-state index is 0.378. The van der Waals surface area contributed by atoms with Crippen LogP contribution in [0.5, 0.6) is 0 Å². The number of aryl methyl sites for hydroxylation is 1. The number of morpholine rings is 1. The lowest BCUT2D eigenvalue weighted by Gasteiger charge is -2.27. The third kappa shape index (κ3) is 5.63. The Hall–Kier alpha value is -2.79. The molecular weight excluding hydrogens is 493 g/mol. The fraction of sp³-hybridized carbons (Fsp3) is 0.238. The summed E-state index contributed by atoms with van der Waals surface area (Å²) in [6.07, 6.45) is 1.74. The van der Waals surface area contributed by atoms with Crippen molar-refractivity contribution >= 4 is 52.3 Å². The van der Waals surface area contributed by atoms with Gasteiger partial charge >= 0.3 is 0 Å². The molecule has 1 aliphatic rings. The molecule has 1 saturated heterocycles. The van der Waals surface area contributed by atoms with Crippen LogP contribution in [-0.2, 0) is 4.74 Å². The maximum atomic E-state index is 5.44. The van der Waals surface area contributed by atoms with Crippen LogP contribution in [0.25, 0.3) is 0 Å². The molecule has 1 aliphatic heterocycles. The quantitative estimate of drug-likeness (QED) is 0.293. The molecule has 0 spiro atoms. The number of hydrazone groups is 1. The van der Waals surface area contributed by atoms with Gasteiger partial charge in [0, 0.05) is 22.3 Å². The zero-order chi connectivity index (χ0) is 20.8. The molecule has 2 N–H and O–H groups in total. The molecule has 3 aromatic rings. The molecule has 9 heteroatoms. The van der Waals surface area contributed by atoms with Crippen LogP contribution in [-0.4, -0.2) is 47.5 Å². The predicted molar refractivity (Wildman–Crippen MR) is 128 cm³/mol. The summed E-state index contributed by atoms with van der Waals surface area (Å²) in [6, 6.07) is 16.1. The van der Waals surface area contributed by atoms with Crippen LogP contribution in [0.1, 0.15) is 11.1 Å². The molecule has 154 valence electrons. The van der Waals surface area contributed by atoms with Crippen molar-refractivity contribution in [2.45, 2.75) is 6.92 Å². The minimum Gasteiger partial charge on any atom is -0.378 e. The Morgan fingerprint density at radius 3 is 2.57 bits per heavy atom. The van der Waals surface area contributed by atoms with Gasteiger partial charge in [-0.3, -0.25) is 0 Å². The number of anilines is 4. The number of nitrogens with zero attached hydrogens (tertiary/aromatic N) is 5. The van der Waals surface area contributed by atoms with Gasteiger partial charge in [-0.1, -0.05) is 29.8 Å². The first-order valence-corrected chi connectivity index (χ1v) is 10.7. The maximum absolute atomic E-state index is 5.44. The first-order valence-electron chi connectivity index (χ1n) is 9.63. The van der Waals surface area contributed by atoms with E-state index in [1.54, 1.807) is 6.21 Å². The molecule has 1 aromatic heterocycles. The van der Waals surface area contributed by atoms with Crippen LogP contribution in [0.3, 0.4) is 0 Å². The molecule has 0 unspecified atom stereocenters. The summed E-state index contributed by atoms with van der Waals surface area (Å²) in [7, 11) is 0. The molecule has 0 saturated carbocycles. The van der Waals surface area contributed by atoms with Crippen LogP contribution in [0.4, 0.5) is 23.5 Å². The highest BCUT2D eigenvalue weighted by Crippen LogP contribution is 2.19. The highest BCUT2D eigenvalue weighted by atomic mass is 127. The standard InChI is InChI=1S/C21H22IN7O/c1-15-5-7-18(8-6-15)24-19-25-20(27-21(26-19)29-9-11-30-12-10-29)28-23-14-16-3-2-4-17(22)13-16/h2-8,13-14H,9-12H2,1H3,(H2,24,25,26,27,28)/b23-14+. The number of rotatable bonds is 6. The summed E-state index contributed by atoms with van der Waals surface area (Å²) in [5, 5.41) is 7.55. The van der Waals surface area contributed by atoms with Crippen molar-refractivity contribution < 1.29 is 4.74 Å². The first kappa shape index (κ1) is 20.5. The lowest BCUT2D eigenvalue weighted by atomic mass is 10.2. The molecule has 0 bridgehead atoms. The topological polar surface area (TPSA) is 87.6 Å². The molecule has 0 radical (unpaired) electrons. The van der Waals surface area contributed by atoms with Crippen molar-refractivity contribution in [1.82, 2.24) is 15.0 Å². The van der Waals surface area contributed by atoms with E-state index in [-0.39, 0.29) is 0 Å². The van der Waals surface area contributed by atoms with Crippen LogP contribution < -0.4 is 15.6 Å². The van der Waals surface area contributed by atoms with Gasteiger partial charge in [-0.15, -0.1) is 0 Å². The second-order valence-electron chi connectivity index (χ2n) is 6.80. The Kier molecular flexibility index (Phi) is 6.70. The summed E-state index contributed by atoms with van der Waals surface area (Å²) in [4.78, 5) is 15.7. The summed E-state index contributed by atoms with van der Waals surface area (Å²) in [5.41, 5.74) is 6.03. The van der Waals surface area contributed by atoms with Gasteiger partial charge in [-0.2, -0.15) is 20.1 Å². The number of benzene rings is 2. The van der Waals surface area contributed by atoms with Crippen molar-refractivity contribution in [1.29, 1.82) is 0 Å². The molecule has 2 aromatic carbocycles. The third-order valence-electron chi connectivity index (χ3n) is 4.45.